The molecule has 1 saturated heterocycles. The van der Waals surface area contributed by atoms with E-state index in [1.807, 2.05) is 17.2 Å². The first-order valence-corrected chi connectivity index (χ1v) is 9.48. The van der Waals surface area contributed by atoms with E-state index in [0.717, 1.165) is 37.3 Å². The molecule has 0 spiro atoms. The van der Waals surface area contributed by atoms with Gasteiger partial charge in [-0.3, -0.25) is 9.97 Å². The van der Waals surface area contributed by atoms with E-state index in [-0.39, 0.29) is 17.2 Å². The number of nitrogens with zero attached hydrogens (tertiary/aromatic N) is 4. The Morgan fingerprint density at radius 3 is 2.92 bits per heavy atom. The number of nitrogens with two attached hydrogens (primary N) is 2. The van der Waals surface area contributed by atoms with Crippen molar-refractivity contribution in [3.05, 3.63) is 59.5 Å². The molecule has 0 aromatic carbocycles. The molecule has 0 saturated carbocycles. The number of piperidine rings is 1. The number of pyridine rings is 2. The van der Waals surface area contributed by atoms with Gasteiger partial charge < -0.3 is 21.3 Å². The molecule has 1 fully saturated rings. The highest BCUT2D eigenvalue weighted by Gasteiger charge is 2.33. The van der Waals surface area contributed by atoms with Crippen LogP contribution in [-0.2, 0) is 0 Å². The lowest BCUT2D eigenvalue weighted by Gasteiger charge is -2.36. The molecule has 2 aliphatic heterocycles. The molecule has 1 unspecified atom stereocenters. The number of hydrogen-bond acceptors (Lipinski definition) is 7. The van der Waals surface area contributed by atoms with Gasteiger partial charge in [0.05, 0.1) is 22.6 Å². The van der Waals surface area contributed by atoms with Crippen molar-refractivity contribution in [3.8, 4) is 0 Å². The summed E-state index contributed by atoms with van der Waals surface area (Å²) in [7, 11) is 0. The van der Waals surface area contributed by atoms with E-state index in [1.54, 1.807) is 24.7 Å². The number of hydrogen-bond donors (Lipinski definition) is 2. The largest absolute Gasteiger partial charge is 0.392 e. The monoisotopic (exact) mass is 372 g/mol. The standard InChI is InChI=1S/C18H21FN6S/c19-13-4-1-6-23-17(13)18-25(11-16(21)26-18)15-9-22-7-5-14(15)24-8-2-3-12(20)10-24/h1,4-7,9,11-12,18H,2-3,8,10,20-21H2/t12?,18-/m0/s1. The first-order valence-electron chi connectivity index (χ1n) is 8.60. The van der Waals surface area contributed by atoms with Crippen LogP contribution >= 0.6 is 11.8 Å². The average Bonchev–Trinajstić information content (AvgIpc) is 3.03. The topological polar surface area (TPSA) is 84.3 Å². The average molecular weight is 372 g/mol. The fourth-order valence-corrected chi connectivity index (χ4v) is 4.46. The predicted octanol–water partition coefficient (Wildman–Crippen LogP) is 2.55. The minimum atomic E-state index is -0.363. The van der Waals surface area contributed by atoms with Crippen molar-refractivity contribution in [2.24, 2.45) is 11.5 Å². The Bertz CT molecular complexity index is 829. The summed E-state index contributed by atoms with van der Waals surface area (Å²) in [5.74, 6) is -0.344. The highest BCUT2D eigenvalue weighted by molar-refractivity contribution is 8.03. The zero-order chi connectivity index (χ0) is 18.1. The molecule has 136 valence electrons. The third-order valence-corrected chi connectivity index (χ3v) is 5.69. The van der Waals surface area contributed by atoms with Crippen LogP contribution in [0.2, 0.25) is 0 Å². The Hall–Kier alpha value is -2.32. The van der Waals surface area contributed by atoms with Crippen LogP contribution in [0.4, 0.5) is 15.8 Å². The van der Waals surface area contributed by atoms with E-state index in [0.29, 0.717) is 10.7 Å². The summed E-state index contributed by atoms with van der Waals surface area (Å²) < 4.78 is 14.4. The van der Waals surface area contributed by atoms with E-state index < -0.39 is 0 Å². The summed E-state index contributed by atoms with van der Waals surface area (Å²) in [5.41, 5.74) is 14.5. The maximum Gasteiger partial charge on any atom is 0.147 e. The molecule has 0 aliphatic carbocycles. The molecule has 2 aliphatic rings. The summed E-state index contributed by atoms with van der Waals surface area (Å²) >= 11 is 1.38. The Morgan fingerprint density at radius 2 is 2.12 bits per heavy atom. The molecule has 2 aromatic rings. The lowest BCUT2D eigenvalue weighted by molar-refractivity contribution is 0.506. The number of halogens is 1. The van der Waals surface area contributed by atoms with Crippen LogP contribution in [0.5, 0.6) is 0 Å². The first kappa shape index (κ1) is 17.1. The molecule has 0 amide bonds. The summed E-state index contributed by atoms with van der Waals surface area (Å²) in [6.45, 7) is 1.73. The fourth-order valence-electron chi connectivity index (χ4n) is 3.46. The van der Waals surface area contributed by atoms with E-state index >= 15 is 0 Å². The molecule has 4 heterocycles. The lowest BCUT2D eigenvalue weighted by atomic mass is 10.1. The molecule has 4 rings (SSSR count). The molecular formula is C18H21FN6S. The van der Waals surface area contributed by atoms with Crippen LogP contribution in [-0.4, -0.2) is 29.1 Å². The maximum atomic E-state index is 14.4. The highest BCUT2D eigenvalue weighted by atomic mass is 32.2. The zero-order valence-corrected chi connectivity index (χ0v) is 15.1. The van der Waals surface area contributed by atoms with Crippen LogP contribution in [0, 0.1) is 5.82 Å². The van der Waals surface area contributed by atoms with Crippen LogP contribution in [0.3, 0.4) is 0 Å². The summed E-state index contributed by atoms with van der Waals surface area (Å²) in [6.07, 6.45) is 9.07. The van der Waals surface area contributed by atoms with Crippen molar-refractivity contribution in [2.75, 3.05) is 22.9 Å². The van der Waals surface area contributed by atoms with Gasteiger partial charge in [-0.25, -0.2) is 4.39 Å². The van der Waals surface area contributed by atoms with Gasteiger partial charge in [0.2, 0.25) is 0 Å². The van der Waals surface area contributed by atoms with Crippen molar-refractivity contribution < 1.29 is 4.39 Å². The molecule has 0 radical (unpaired) electrons. The molecule has 26 heavy (non-hydrogen) atoms. The van der Waals surface area contributed by atoms with Gasteiger partial charge in [0, 0.05) is 37.7 Å². The van der Waals surface area contributed by atoms with Gasteiger partial charge in [-0.15, -0.1) is 0 Å². The third kappa shape index (κ3) is 3.22. The van der Waals surface area contributed by atoms with Crippen molar-refractivity contribution in [1.82, 2.24) is 9.97 Å². The minimum Gasteiger partial charge on any atom is -0.392 e. The van der Waals surface area contributed by atoms with Gasteiger partial charge in [0.15, 0.2) is 0 Å². The van der Waals surface area contributed by atoms with E-state index in [2.05, 4.69) is 14.9 Å². The summed E-state index contributed by atoms with van der Waals surface area (Å²) in [4.78, 5) is 12.8. The molecule has 8 heteroatoms. The number of anilines is 2. The van der Waals surface area contributed by atoms with Gasteiger partial charge in [0.25, 0.3) is 0 Å². The maximum absolute atomic E-state index is 14.4. The summed E-state index contributed by atoms with van der Waals surface area (Å²) in [5, 5.41) is 0.253. The number of aromatic nitrogens is 2. The second kappa shape index (κ2) is 7.13. The van der Waals surface area contributed by atoms with Crippen LogP contribution < -0.4 is 21.3 Å². The number of rotatable bonds is 3. The first-order chi connectivity index (χ1) is 12.6. The SMILES string of the molecule is NC1=CN(c2cnccc2N2CCCC(N)C2)[C@H](c2ncccc2F)S1. The molecule has 0 bridgehead atoms. The molecule has 4 N–H and O–H groups in total. The minimum absolute atomic E-state index is 0.155. The molecule has 6 nitrogen and oxygen atoms in total. The lowest BCUT2D eigenvalue weighted by Crippen LogP contribution is -2.43. The van der Waals surface area contributed by atoms with E-state index in [9.17, 15) is 4.39 Å². The van der Waals surface area contributed by atoms with Gasteiger partial charge in [-0.2, -0.15) is 0 Å². The van der Waals surface area contributed by atoms with Crippen LogP contribution in [0.1, 0.15) is 23.9 Å². The Balaban J connectivity index is 1.73. The van der Waals surface area contributed by atoms with E-state index in [1.165, 1.54) is 17.8 Å². The van der Waals surface area contributed by atoms with Crippen LogP contribution in [0.25, 0.3) is 0 Å². The van der Waals surface area contributed by atoms with E-state index in [4.69, 9.17) is 11.5 Å². The van der Waals surface area contributed by atoms with Crippen molar-refractivity contribution >= 4 is 23.1 Å². The van der Waals surface area contributed by atoms with Gasteiger partial charge in [-0.05, 0) is 31.0 Å². The quantitative estimate of drug-likeness (QED) is 0.856. The molecule has 2 atom stereocenters. The van der Waals surface area contributed by atoms with Crippen LogP contribution in [0.15, 0.2) is 48.0 Å². The Morgan fingerprint density at radius 1 is 1.23 bits per heavy atom. The Labute approximate surface area is 156 Å². The fraction of sp³-hybridized carbons (Fsp3) is 0.333. The van der Waals surface area contributed by atoms with Crippen molar-refractivity contribution in [1.29, 1.82) is 0 Å². The molecular weight excluding hydrogens is 351 g/mol. The highest BCUT2D eigenvalue weighted by Crippen LogP contribution is 2.46. The Kier molecular flexibility index (Phi) is 4.69. The van der Waals surface area contributed by atoms with Crippen molar-refractivity contribution in [3.63, 3.8) is 0 Å². The number of thioether (sulfide) groups is 1. The molecule has 2 aromatic heterocycles. The zero-order valence-electron chi connectivity index (χ0n) is 14.3. The smallest absolute Gasteiger partial charge is 0.147 e. The van der Waals surface area contributed by atoms with Gasteiger partial charge in [-0.1, -0.05) is 11.8 Å². The van der Waals surface area contributed by atoms with Gasteiger partial charge >= 0.3 is 0 Å². The summed E-state index contributed by atoms with van der Waals surface area (Å²) in [6, 6.07) is 5.14. The second-order valence-corrected chi connectivity index (χ2v) is 7.65. The second-order valence-electron chi connectivity index (χ2n) is 6.49. The normalized spacial score (nSPS) is 23.2. The third-order valence-electron chi connectivity index (χ3n) is 4.64. The van der Waals surface area contributed by atoms with Crippen molar-refractivity contribution in [2.45, 2.75) is 24.3 Å². The predicted molar refractivity (Wildman–Crippen MR) is 103 cm³/mol. The van der Waals surface area contributed by atoms with Gasteiger partial charge in [0.1, 0.15) is 16.9 Å².